The van der Waals surface area contributed by atoms with Crippen LogP contribution in [0.25, 0.3) is 32.6 Å². The molecule has 3 heterocycles. The largest absolute Gasteiger partial charge is 0.351 e. The molecule has 2 N–H and O–H groups in total. The average molecular weight is 640 g/mol. The van der Waals surface area contributed by atoms with Gasteiger partial charge < -0.3 is 10.6 Å². The molecule has 0 atom stereocenters. The summed E-state index contributed by atoms with van der Waals surface area (Å²) in [7, 11) is 1.90. The first-order chi connectivity index (χ1) is 23.0. The zero-order chi connectivity index (χ0) is 32.2. The van der Waals surface area contributed by atoms with Crippen LogP contribution < -0.4 is 15.5 Å². The second-order valence-electron chi connectivity index (χ2n) is 11.7. The van der Waals surface area contributed by atoms with Gasteiger partial charge in [0.05, 0.1) is 39.4 Å². The molecule has 0 bridgehead atoms. The van der Waals surface area contributed by atoms with Crippen molar-refractivity contribution in [1.82, 2.24) is 30.0 Å². The lowest BCUT2D eigenvalue weighted by Gasteiger charge is -2.37. The third kappa shape index (κ3) is 6.68. The molecule has 234 valence electrons. The Labute approximate surface area is 276 Å². The number of carbonyl (C=O) groups is 1. The summed E-state index contributed by atoms with van der Waals surface area (Å²) in [6, 6.07) is 26.3. The maximum absolute atomic E-state index is 13.8. The highest BCUT2D eigenvalue weighted by molar-refractivity contribution is 7.16. The van der Waals surface area contributed by atoms with E-state index in [0.29, 0.717) is 23.8 Å². The van der Waals surface area contributed by atoms with E-state index in [2.05, 4.69) is 31.8 Å². The number of thiazole rings is 1. The van der Waals surface area contributed by atoms with Gasteiger partial charge in [0.15, 0.2) is 0 Å². The van der Waals surface area contributed by atoms with Crippen LogP contribution in [0, 0.1) is 11.3 Å². The molecule has 1 aliphatic carbocycles. The zero-order valence-corrected chi connectivity index (χ0v) is 26.7. The Kier molecular flexibility index (Phi) is 8.58. The van der Waals surface area contributed by atoms with E-state index in [4.69, 9.17) is 4.98 Å². The van der Waals surface area contributed by atoms with Crippen LogP contribution in [0.2, 0.25) is 0 Å². The van der Waals surface area contributed by atoms with Gasteiger partial charge >= 0.3 is 6.03 Å². The zero-order valence-electron chi connectivity index (χ0n) is 25.9. The number of rotatable bonds is 8. The fourth-order valence-electron chi connectivity index (χ4n) is 6.16. The Hall–Kier alpha value is -5.60. The summed E-state index contributed by atoms with van der Waals surface area (Å²) in [5.41, 5.74) is 8.52. The van der Waals surface area contributed by atoms with E-state index in [1.807, 2.05) is 103 Å². The second kappa shape index (κ2) is 13.4. The van der Waals surface area contributed by atoms with Crippen molar-refractivity contribution < 1.29 is 4.79 Å². The van der Waals surface area contributed by atoms with Crippen LogP contribution in [0.3, 0.4) is 0 Å². The molecule has 6 aromatic rings. The van der Waals surface area contributed by atoms with E-state index >= 15 is 0 Å². The first-order valence-corrected chi connectivity index (χ1v) is 16.5. The van der Waals surface area contributed by atoms with Crippen LogP contribution >= 0.6 is 11.3 Å². The number of amides is 2. The molecular weight excluding hydrogens is 607 g/mol. The van der Waals surface area contributed by atoms with Crippen molar-refractivity contribution in [2.45, 2.75) is 44.3 Å². The summed E-state index contributed by atoms with van der Waals surface area (Å²) in [5.74, 6) is 0.490. The maximum atomic E-state index is 13.8. The maximum Gasteiger partial charge on any atom is 0.322 e. The van der Waals surface area contributed by atoms with Crippen molar-refractivity contribution in [3.8, 4) is 28.5 Å². The minimum absolute atomic E-state index is 0.0235. The molecule has 0 unspecified atom stereocenters. The van der Waals surface area contributed by atoms with Gasteiger partial charge in [-0.05, 0) is 61.1 Å². The van der Waals surface area contributed by atoms with Crippen molar-refractivity contribution >= 4 is 39.2 Å². The minimum Gasteiger partial charge on any atom is -0.351 e. The molecule has 2 amide bonds. The molecule has 0 aliphatic heterocycles. The molecule has 1 aliphatic rings. The first-order valence-electron chi connectivity index (χ1n) is 15.6. The van der Waals surface area contributed by atoms with E-state index in [0.717, 1.165) is 63.8 Å². The van der Waals surface area contributed by atoms with Gasteiger partial charge in [-0.3, -0.25) is 9.58 Å². The topological polar surface area (TPSA) is 125 Å². The highest BCUT2D eigenvalue weighted by Gasteiger charge is 2.30. The number of nitrogens with zero attached hydrogens (tertiary/aromatic N) is 7. The predicted molar refractivity (Wildman–Crippen MR) is 185 cm³/mol. The van der Waals surface area contributed by atoms with Crippen LogP contribution in [0.1, 0.15) is 36.8 Å². The van der Waals surface area contributed by atoms with Crippen LogP contribution in [-0.2, 0) is 13.6 Å². The van der Waals surface area contributed by atoms with Crippen molar-refractivity contribution in [1.29, 1.82) is 5.26 Å². The standard InChI is InChI=1S/C36H33N9OS/c1-44-22-28(21-41-44)25-7-12-30(13-8-25)45(36(46)39-19-24-5-3-2-4-6-24)31-14-10-29(11-15-31)42-35-38-20-27(18-37)34(43-35)26-9-16-33-32(17-26)40-23-47-33/h2-9,12-13,16-17,20-23,29,31H,10-11,14-15,19H2,1H3,(H,39,46)(H,38,42,43)/t29-,31-. The van der Waals surface area contributed by atoms with Gasteiger partial charge in [-0.2, -0.15) is 10.4 Å². The summed E-state index contributed by atoms with van der Waals surface area (Å²) in [5, 5.41) is 20.7. The highest BCUT2D eigenvalue weighted by atomic mass is 32.1. The number of aryl methyl sites for hydroxylation is 1. The Morgan fingerprint density at radius 2 is 1.77 bits per heavy atom. The van der Waals surface area contributed by atoms with Gasteiger partial charge in [0, 0.05) is 48.7 Å². The highest BCUT2D eigenvalue weighted by Crippen LogP contribution is 2.32. The number of nitriles is 1. The smallest absolute Gasteiger partial charge is 0.322 e. The van der Waals surface area contributed by atoms with E-state index in [9.17, 15) is 10.1 Å². The van der Waals surface area contributed by atoms with E-state index in [-0.39, 0.29) is 18.1 Å². The van der Waals surface area contributed by atoms with Gasteiger partial charge in [-0.25, -0.2) is 19.7 Å². The number of carbonyl (C=O) groups excluding carboxylic acids is 1. The van der Waals surface area contributed by atoms with Crippen LogP contribution in [0.5, 0.6) is 0 Å². The number of fused-ring (bicyclic) bond motifs is 1. The first kappa shape index (κ1) is 30.1. The summed E-state index contributed by atoms with van der Waals surface area (Å²) >= 11 is 1.58. The molecule has 11 heteroatoms. The van der Waals surface area contributed by atoms with Gasteiger partial charge in [0.1, 0.15) is 6.07 Å². The second-order valence-corrected chi connectivity index (χ2v) is 12.6. The van der Waals surface area contributed by atoms with Gasteiger partial charge in [0.2, 0.25) is 5.95 Å². The fraction of sp³-hybridized carbons (Fsp3) is 0.222. The summed E-state index contributed by atoms with van der Waals surface area (Å²) < 4.78 is 2.87. The van der Waals surface area contributed by atoms with Crippen LogP contribution in [0.4, 0.5) is 16.4 Å². The number of aromatic nitrogens is 5. The van der Waals surface area contributed by atoms with E-state index in [1.54, 1.807) is 22.2 Å². The molecule has 0 saturated heterocycles. The monoisotopic (exact) mass is 639 g/mol. The van der Waals surface area contributed by atoms with Gasteiger partial charge in [0.25, 0.3) is 0 Å². The van der Waals surface area contributed by atoms with Crippen molar-refractivity contribution in [3.05, 3.63) is 108 Å². The summed E-state index contributed by atoms with van der Waals surface area (Å²) in [4.78, 5) is 29.3. The van der Waals surface area contributed by atoms with Crippen molar-refractivity contribution in [2.75, 3.05) is 10.2 Å². The predicted octanol–water partition coefficient (Wildman–Crippen LogP) is 7.16. The van der Waals surface area contributed by atoms with Gasteiger partial charge in [-0.15, -0.1) is 11.3 Å². The van der Waals surface area contributed by atoms with E-state index in [1.165, 1.54) is 0 Å². The van der Waals surface area contributed by atoms with Crippen LogP contribution in [0.15, 0.2) is 96.9 Å². The molecule has 3 aromatic carbocycles. The molecule has 7 rings (SSSR count). The lowest BCUT2D eigenvalue weighted by atomic mass is 9.90. The van der Waals surface area contributed by atoms with Crippen molar-refractivity contribution in [3.63, 3.8) is 0 Å². The third-order valence-electron chi connectivity index (χ3n) is 8.60. The Morgan fingerprint density at radius 3 is 2.51 bits per heavy atom. The number of benzene rings is 3. The molecule has 0 spiro atoms. The fourth-order valence-corrected chi connectivity index (χ4v) is 6.82. The number of nitrogens with one attached hydrogen (secondary N) is 2. The van der Waals surface area contributed by atoms with Gasteiger partial charge in [-0.1, -0.05) is 48.5 Å². The number of urea groups is 1. The molecule has 3 aromatic heterocycles. The molecule has 10 nitrogen and oxygen atoms in total. The van der Waals surface area contributed by atoms with Crippen molar-refractivity contribution in [2.24, 2.45) is 7.05 Å². The normalized spacial score (nSPS) is 16.0. The summed E-state index contributed by atoms with van der Waals surface area (Å²) in [6.45, 7) is 0.453. The Morgan fingerprint density at radius 1 is 0.979 bits per heavy atom. The minimum atomic E-state index is -0.114. The number of hydrogen-bond donors (Lipinski definition) is 2. The number of anilines is 2. The lowest BCUT2D eigenvalue weighted by Crippen LogP contribution is -2.48. The SMILES string of the molecule is Cn1cc(-c2ccc(N(C(=O)NCc3ccccc3)[C@H]3CC[C@H](Nc4ncc(C#N)c(-c5ccc6scnc6c5)n4)CC3)cc2)cn1. The third-order valence-corrected chi connectivity index (χ3v) is 9.41. The number of hydrogen-bond acceptors (Lipinski definition) is 8. The van der Waals surface area contributed by atoms with Crippen LogP contribution in [-0.4, -0.2) is 42.8 Å². The molecule has 1 saturated carbocycles. The Bertz CT molecular complexity index is 2040. The average Bonchev–Trinajstić information content (AvgIpc) is 3.77. The Balaban J connectivity index is 1.07. The molecule has 1 fully saturated rings. The van der Waals surface area contributed by atoms with E-state index < -0.39 is 0 Å². The quantitative estimate of drug-likeness (QED) is 0.181. The molecule has 47 heavy (non-hydrogen) atoms. The lowest BCUT2D eigenvalue weighted by molar-refractivity contribution is 0.240. The summed E-state index contributed by atoms with van der Waals surface area (Å²) in [6.07, 6.45) is 8.69. The molecule has 0 radical (unpaired) electrons. The molecular formula is C36H33N9OS.